The van der Waals surface area contributed by atoms with Crippen LogP contribution >= 0.6 is 0 Å². The molecule has 5 heterocycles. The molecule has 1 saturated heterocycles. The average Bonchev–Trinajstić information content (AvgIpc) is 3.49. The molecule has 4 aromatic rings. The molecule has 0 amide bonds. The molecule has 0 saturated carbocycles. The van der Waals surface area contributed by atoms with E-state index in [0.717, 1.165) is 32.8 Å². The van der Waals surface area contributed by atoms with Crippen molar-refractivity contribution in [1.82, 2.24) is 40.1 Å². The summed E-state index contributed by atoms with van der Waals surface area (Å²) in [6, 6.07) is 7.00. The minimum atomic E-state index is 0.135. The molecule has 0 radical (unpaired) electrons. The van der Waals surface area contributed by atoms with Crippen LogP contribution < -0.4 is 14.2 Å². The van der Waals surface area contributed by atoms with Gasteiger partial charge in [-0.1, -0.05) is 5.16 Å². The summed E-state index contributed by atoms with van der Waals surface area (Å²) in [4.78, 5) is 2.29. The highest BCUT2D eigenvalue weighted by Gasteiger charge is 2.18. The third-order valence-electron chi connectivity index (χ3n) is 5.22. The largest absolute Gasteiger partial charge is 0.491 e. The van der Waals surface area contributed by atoms with E-state index in [4.69, 9.17) is 23.5 Å². The van der Waals surface area contributed by atoms with Gasteiger partial charge in [0.2, 0.25) is 11.7 Å². The highest BCUT2D eigenvalue weighted by Crippen LogP contribution is 2.28. The minimum Gasteiger partial charge on any atom is -0.491 e. The Morgan fingerprint density at radius 2 is 1.91 bits per heavy atom. The van der Waals surface area contributed by atoms with E-state index in [1.54, 1.807) is 31.2 Å². The van der Waals surface area contributed by atoms with Crippen LogP contribution in [0, 0.1) is 6.92 Å². The van der Waals surface area contributed by atoms with Gasteiger partial charge in [-0.3, -0.25) is 4.90 Å². The average molecular weight is 468 g/mol. The first-order valence-corrected chi connectivity index (χ1v) is 10.8. The molecule has 1 aliphatic heterocycles. The van der Waals surface area contributed by atoms with Gasteiger partial charge in [0.05, 0.1) is 20.3 Å². The van der Waals surface area contributed by atoms with E-state index >= 15 is 0 Å². The third kappa shape index (κ3) is 4.89. The van der Waals surface area contributed by atoms with Gasteiger partial charge >= 0.3 is 0 Å². The van der Waals surface area contributed by atoms with Gasteiger partial charge in [-0.2, -0.15) is 4.52 Å². The summed E-state index contributed by atoms with van der Waals surface area (Å²) in [5.74, 6) is 2.22. The van der Waals surface area contributed by atoms with E-state index in [0.29, 0.717) is 46.9 Å². The molecule has 0 unspecified atom stereocenters. The number of methoxy groups -OCH3 is 1. The highest BCUT2D eigenvalue weighted by atomic mass is 16.5. The number of hydrogen-bond donors (Lipinski definition) is 0. The van der Waals surface area contributed by atoms with Gasteiger partial charge in [0, 0.05) is 37.8 Å². The lowest BCUT2D eigenvalue weighted by molar-refractivity contribution is 0.0319. The van der Waals surface area contributed by atoms with Crippen LogP contribution in [0.4, 0.5) is 0 Å². The van der Waals surface area contributed by atoms with Gasteiger partial charge in [-0.05, 0) is 13.0 Å². The number of aromatic nitrogens is 7. The van der Waals surface area contributed by atoms with Gasteiger partial charge in [0.1, 0.15) is 24.7 Å². The predicted octanol–water partition coefficient (Wildman–Crippen LogP) is 1.18. The Morgan fingerprint density at radius 3 is 2.65 bits per heavy atom. The fourth-order valence-corrected chi connectivity index (χ4v) is 3.43. The zero-order valence-electron chi connectivity index (χ0n) is 18.9. The Hall–Kier alpha value is -3.84. The van der Waals surface area contributed by atoms with Gasteiger partial charge < -0.3 is 23.5 Å². The van der Waals surface area contributed by atoms with Crippen molar-refractivity contribution in [2.24, 2.45) is 0 Å². The van der Waals surface area contributed by atoms with Crippen molar-refractivity contribution in [3.05, 3.63) is 35.7 Å². The molecule has 0 aromatic carbocycles. The molecule has 0 spiro atoms. The number of fused-ring (bicyclic) bond motifs is 1. The predicted molar refractivity (Wildman–Crippen MR) is 117 cm³/mol. The Balaban J connectivity index is 1.23. The van der Waals surface area contributed by atoms with E-state index in [1.165, 1.54) is 11.6 Å². The maximum Gasteiger partial charge on any atom is 0.275 e. The van der Waals surface area contributed by atoms with Crippen LogP contribution in [0.2, 0.25) is 0 Å². The lowest BCUT2D eigenvalue weighted by Gasteiger charge is -2.26. The number of hydrogen-bond acceptors (Lipinski definition) is 12. The van der Waals surface area contributed by atoms with E-state index in [1.807, 2.05) is 0 Å². The Kier molecular flexibility index (Phi) is 6.44. The second-order valence-electron chi connectivity index (χ2n) is 7.59. The first-order chi connectivity index (χ1) is 16.7. The molecule has 1 fully saturated rings. The summed E-state index contributed by atoms with van der Waals surface area (Å²) in [5.41, 5.74) is 1.61. The van der Waals surface area contributed by atoms with Gasteiger partial charge in [-0.25, -0.2) is 0 Å². The Morgan fingerprint density at radius 1 is 1.03 bits per heavy atom. The van der Waals surface area contributed by atoms with Crippen LogP contribution in [-0.2, 0) is 11.3 Å². The van der Waals surface area contributed by atoms with Crippen molar-refractivity contribution in [3.63, 3.8) is 0 Å². The summed E-state index contributed by atoms with van der Waals surface area (Å²) >= 11 is 0. The van der Waals surface area contributed by atoms with Crippen LogP contribution in [-0.4, -0.2) is 86.6 Å². The second kappa shape index (κ2) is 9.97. The van der Waals surface area contributed by atoms with E-state index in [2.05, 4.69) is 35.5 Å². The smallest absolute Gasteiger partial charge is 0.275 e. The van der Waals surface area contributed by atoms with Crippen molar-refractivity contribution in [2.45, 2.75) is 13.5 Å². The molecule has 34 heavy (non-hydrogen) atoms. The first kappa shape index (κ1) is 22.0. The standard InChI is InChI=1S/C21H24N8O5/c1-14-11-16(27-34-14)20-25-23-18-12-17(30-2)21(26-29(18)20)33-13-15-3-4-19(24-22-15)32-10-7-28-5-8-31-9-6-28/h3-4,11-12H,5-10,13H2,1-2H3. The number of aryl methyl sites for hydroxylation is 1. The topological polar surface area (TPSA) is 135 Å². The summed E-state index contributed by atoms with van der Waals surface area (Å²) < 4.78 is 29.0. The highest BCUT2D eigenvalue weighted by molar-refractivity contribution is 5.56. The lowest BCUT2D eigenvalue weighted by atomic mass is 10.3. The van der Waals surface area contributed by atoms with Crippen molar-refractivity contribution < 1.29 is 23.5 Å². The third-order valence-corrected chi connectivity index (χ3v) is 5.22. The minimum absolute atomic E-state index is 0.135. The molecule has 13 nitrogen and oxygen atoms in total. The molecule has 178 valence electrons. The molecule has 0 bridgehead atoms. The Labute approximate surface area is 194 Å². The van der Waals surface area contributed by atoms with Crippen molar-refractivity contribution in [3.8, 4) is 29.0 Å². The van der Waals surface area contributed by atoms with E-state index in [-0.39, 0.29) is 12.5 Å². The molecule has 0 aliphatic carbocycles. The SMILES string of the molecule is COc1cc2nnc(-c3cc(C)on3)n2nc1OCc1ccc(OCCN2CCOCC2)nn1. The maximum absolute atomic E-state index is 5.87. The normalized spacial score (nSPS) is 14.4. The number of morpholine rings is 1. The van der Waals surface area contributed by atoms with Crippen molar-refractivity contribution in [1.29, 1.82) is 0 Å². The zero-order valence-corrected chi connectivity index (χ0v) is 18.9. The molecule has 5 rings (SSSR count). The molecular formula is C21H24N8O5. The van der Waals surface area contributed by atoms with E-state index in [9.17, 15) is 0 Å². The van der Waals surface area contributed by atoms with Crippen LogP contribution in [0.25, 0.3) is 17.2 Å². The van der Waals surface area contributed by atoms with Crippen LogP contribution in [0.1, 0.15) is 11.5 Å². The van der Waals surface area contributed by atoms with Crippen LogP contribution in [0.15, 0.2) is 28.8 Å². The summed E-state index contributed by atoms with van der Waals surface area (Å²) in [5, 5.41) is 25.0. The molecule has 4 aromatic heterocycles. The molecule has 13 heteroatoms. The Bertz CT molecular complexity index is 1240. The lowest BCUT2D eigenvalue weighted by Crippen LogP contribution is -2.38. The van der Waals surface area contributed by atoms with Crippen molar-refractivity contribution >= 4 is 5.65 Å². The van der Waals surface area contributed by atoms with Gasteiger partial charge in [-0.15, -0.1) is 25.5 Å². The molecule has 1 aliphatic rings. The summed E-state index contributed by atoms with van der Waals surface area (Å²) in [7, 11) is 1.53. The van der Waals surface area contributed by atoms with Crippen LogP contribution in [0.3, 0.4) is 0 Å². The zero-order chi connectivity index (χ0) is 23.3. The van der Waals surface area contributed by atoms with E-state index < -0.39 is 0 Å². The van der Waals surface area contributed by atoms with Gasteiger partial charge in [0.15, 0.2) is 17.1 Å². The molecular weight excluding hydrogens is 444 g/mol. The quantitative estimate of drug-likeness (QED) is 0.349. The van der Waals surface area contributed by atoms with Crippen LogP contribution in [0.5, 0.6) is 17.5 Å². The summed E-state index contributed by atoms with van der Waals surface area (Å²) in [6.45, 7) is 6.66. The molecule has 0 atom stereocenters. The fourth-order valence-electron chi connectivity index (χ4n) is 3.43. The monoisotopic (exact) mass is 468 g/mol. The fraction of sp³-hybridized carbons (Fsp3) is 0.429. The molecule has 0 N–H and O–H groups in total. The number of ether oxygens (including phenoxy) is 4. The number of nitrogens with zero attached hydrogens (tertiary/aromatic N) is 8. The first-order valence-electron chi connectivity index (χ1n) is 10.8. The second-order valence-corrected chi connectivity index (χ2v) is 7.59. The van der Waals surface area contributed by atoms with Crippen molar-refractivity contribution in [2.75, 3.05) is 46.6 Å². The number of rotatable bonds is 9. The maximum atomic E-state index is 5.87. The summed E-state index contributed by atoms with van der Waals surface area (Å²) in [6.07, 6.45) is 0. The van der Waals surface area contributed by atoms with Gasteiger partial charge in [0.25, 0.3) is 5.88 Å².